The second-order valence-corrected chi connectivity index (χ2v) is 4.67. The van der Waals surface area contributed by atoms with Crippen molar-refractivity contribution in [1.29, 1.82) is 0 Å². The van der Waals surface area contributed by atoms with Gasteiger partial charge in [-0.1, -0.05) is 12.1 Å². The molecule has 0 amide bonds. The lowest BCUT2D eigenvalue weighted by Gasteiger charge is -2.26. The molecule has 86 valence electrons. The molecule has 1 aromatic rings. The number of nitrogens with zero attached hydrogens (tertiary/aromatic N) is 1. The van der Waals surface area contributed by atoms with E-state index in [1.807, 2.05) is 12.1 Å². The molecule has 3 rings (SSSR count). The highest BCUT2D eigenvalue weighted by Gasteiger charge is 2.38. The van der Waals surface area contributed by atoms with Gasteiger partial charge in [-0.05, 0) is 30.0 Å². The standard InChI is InChI=1S/C13H17NO2/c1-15-12-4-2-10(3-5-12)7-14-8-11-6-13(14)16-9-11/h2-5,11,13H,6-9H2,1H3. The third kappa shape index (κ3) is 1.81. The van der Waals surface area contributed by atoms with Gasteiger partial charge in [-0.25, -0.2) is 0 Å². The molecule has 2 unspecified atom stereocenters. The summed E-state index contributed by atoms with van der Waals surface area (Å²) in [7, 11) is 1.70. The number of hydrogen-bond acceptors (Lipinski definition) is 3. The first-order valence-electron chi connectivity index (χ1n) is 5.84. The molecule has 0 aromatic heterocycles. The van der Waals surface area contributed by atoms with Crippen LogP contribution in [0.25, 0.3) is 0 Å². The Balaban J connectivity index is 1.65. The number of hydrogen-bond donors (Lipinski definition) is 0. The molecule has 0 saturated carbocycles. The molecule has 2 aliphatic heterocycles. The average molecular weight is 219 g/mol. The second-order valence-electron chi connectivity index (χ2n) is 4.67. The van der Waals surface area contributed by atoms with Crippen LogP contribution in [0.15, 0.2) is 24.3 Å². The zero-order chi connectivity index (χ0) is 11.0. The fraction of sp³-hybridized carbons (Fsp3) is 0.538. The predicted molar refractivity (Wildman–Crippen MR) is 61.3 cm³/mol. The molecule has 2 heterocycles. The van der Waals surface area contributed by atoms with E-state index in [1.165, 1.54) is 18.5 Å². The highest BCUT2D eigenvalue weighted by molar-refractivity contribution is 5.27. The molecule has 1 aromatic carbocycles. The fourth-order valence-corrected chi connectivity index (χ4v) is 2.63. The molecule has 2 aliphatic rings. The fourth-order valence-electron chi connectivity index (χ4n) is 2.63. The molecule has 3 heteroatoms. The zero-order valence-corrected chi connectivity index (χ0v) is 9.56. The summed E-state index contributed by atoms with van der Waals surface area (Å²) in [6.45, 7) is 3.14. The van der Waals surface area contributed by atoms with Crippen LogP contribution in [-0.4, -0.2) is 31.4 Å². The lowest BCUT2D eigenvalue weighted by molar-refractivity contribution is -0.0422. The van der Waals surface area contributed by atoms with Crippen molar-refractivity contribution in [3.05, 3.63) is 29.8 Å². The van der Waals surface area contributed by atoms with E-state index < -0.39 is 0 Å². The first kappa shape index (κ1) is 10.1. The normalized spacial score (nSPS) is 28.6. The van der Waals surface area contributed by atoms with E-state index in [2.05, 4.69) is 17.0 Å². The maximum atomic E-state index is 5.68. The SMILES string of the molecule is COc1ccc(CN2CC3COC2C3)cc1. The Kier molecular flexibility index (Phi) is 2.58. The van der Waals surface area contributed by atoms with Crippen LogP contribution in [0.3, 0.4) is 0 Å². The van der Waals surface area contributed by atoms with Gasteiger partial charge >= 0.3 is 0 Å². The molecule has 2 saturated heterocycles. The van der Waals surface area contributed by atoms with Crippen molar-refractivity contribution >= 4 is 0 Å². The van der Waals surface area contributed by atoms with Crippen molar-refractivity contribution in [2.24, 2.45) is 5.92 Å². The Hall–Kier alpha value is -1.06. The minimum Gasteiger partial charge on any atom is -0.497 e. The Morgan fingerprint density at radius 3 is 2.75 bits per heavy atom. The molecule has 0 spiro atoms. The van der Waals surface area contributed by atoms with Crippen molar-refractivity contribution < 1.29 is 9.47 Å². The second kappa shape index (κ2) is 4.07. The highest BCUT2D eigenvalue weighted by atomic mass is 16.5. The van der Waals surface area contributed by atoms with Crippen LogP contribution in [0.4, 0.5) is 0 Å². The van der Waals surface area contributed by atoms with Crippen LogP contribution in [0.2, 0.25) is 0 Å². The molecule has 16 heavy (non-hydrogen) atoms. The van der Waals surface area contributed by atoms with Gasteiger partial charge in [0.1, 0.15) is 12.0 Å². The van der Waals surface area contributed by atoms with Gasteiger partial charge in [-0.2, -0.15) is 0 Å². The van der Waals surface area contributed by atoms with Gasteiger partial charge in [-0.15, -0.1) is 0 Å². The molecule has 2 fully saturated rings. The molecular weight excluding hydrogens is 202 g/mol. The van der Waals surface area contributed by atoms with E-state index in [9.17, 15) is 0 Å². The lowest BCUT2D eigenvalue weighted by atomic mass is 10.1. The van der Waals surface area contributed by atoms with Crippen LogP contribution in [0.5, 0.6) is 5.75 Å². The average Bonchev–Trinajstić information content (AvgIpc) is 2.92. The van der Waals surface area contributed by atoms with Crippen molar-refractivity contribution in [2.45, 2.75) is 19.2 Å². The summed E-state index contributed by atoms with van der Waals surface area (Å²) >= 11 is 0. The number of ether oxygens (including phenoxy) is 2. The van der Waals surface area contributed by atoms with Crippen LogP contribution in [0.1, 0.15) is 12.0 Å². The van der Waals surface area contributed by atoms with Gasteiger partial charge < -0.3 is 9.47 Å². The summed E-state index contributed by atoms with van der Waals surface area (Å²) in [5.74, 6) is 1.69. The Morgan fingerprint density at radius 1 is 1.38 bits per heavy atom. The summed E-state index contributed by atoms with van der Waals surface area (Å²) in [5, 5.41) is 0. The van der Waals surface area contributed by atoms with Crippen molar-refractivity contribution in [3.63, 3.8) is 0 Å². The lowest BCUT2D eigenvalue weighted by Crippen LogP contribution is -2.34. The Bertz CT molecular complexity index is 363. The third-order valence-corrected chi connectivity index (χ3v) is 3.50. The zero-order valence-electron chi connectivity index (χ0n) is 9.56. The van der Waals surface area contributed by atoms with Gasteiger partial charge in [0.25, 0.3) is 0 Å². The van der Waals surface area contributed by atoms with Gasteiger partial charge in [0, 0.05) is 13.1 Å². The van der Waals surface area contributed by atoms with Crippen molar-refractivity contribution in [1.82, 2.24) is 4.90 Å². The summed E-state index contributed by atoms with van der Waals surface area (Å²) < 4.78 is 10.8. The minimum absolute atomic E-state index is 0.368. The molecule has 0 radical (unpaired) electrons. The van der Waals surface area contributed by atoms with Gasteiger partial charge in [0.05, 0.1) is 13.7 Å². The monoisotopic (exact) mass is 219 g/mol. The number of fused-ring (bicyclic) bond motifs is 2. The Morgan fingerprint density at radius 2 is 2.19 bits per heavy atom. The first-order valence-corrected chi connectivity index (χ1v) is 5.84. The highest BCUT2D eigenvalue weighted by Crippen LogP contribution is 2.32. The van der Waals surface area contributed by atoms with Gasteiger partial charge in [0.15, 0.2) is 0 Å². The maximum absolute atomic E-state index is 5.68. The van der Waals surface area contributed by atoms with E-state index in [0.717, 1.165) is 24.8 Å². The predicted octanol–water partition coefficient (Wildman–Crippen LogP) is 1.87. The molecule has 0 aliphatic carbocycles. The van der Waals surface area contributed by atoms with E-state index in [-0.39, 0.29) is 0 Å². The molecule has 0 N–H and O–H groups in total. The topological polar surface area (TPSA) is 21.7 Å². The quantitative estimate of drug-likeness (QED) is 0.774. The summed E-state index contributed by atoms with van der Waals surface area (Å²) in [4.78, 5) is 2.43. The van der Waals surface area contributed by atoms with Gasteiger partial charge in [-0.3, -0.25) is 4.90 Å². The van der Waals surface area contributed by atoms with Crippen molar-refractivity contribution in [2.75, 3.05) is 20.3 Å². The smallest absolute Gasteiger partial charge is 0.118 e. The summed E-state index contributed by atoms with van der Waals surface area (Å²) in [6, 6.07) is 8.30. The van der Waals surface area contributed by atoms with E-state index in [1.54, 1.807) is 7.11 Å². The number of methoxy groups -OCH3 is 1. The number of benzene rings is 1. The molecule has 2 atom stereocenters. The summed E-state index contributed by atoms with van der Waals surface area (Å²) in [5.41, 5.74) is 1.33. The Labute approximate surface area is 96.0 Å². The first-order chi connectivity index (χ1) is 7.85. The van der Waals surface area contributed by atoms with Gasteiger partial charge in [0.2, 0.25) is 0 Å². The van der Waals surface area contributed by atoms with E-state index >= 15 is 0 Å². The molecule has 3 nitrogen and oxygen atoms in total. The van der Waals surface area contributed by atoms with Crippen LogP contribution >= 0.6 is 0 Å². The van der Waals surface area contributed by atoms with E-state index in [0.29, 0.717) is 6.23 Å². The van der Waals surface area contributed by atoms with Crippen LogP contribution in [-0.2, 0) is 11.3 Å². The summed E-state index contributed by atoms with van der Waals surface area (Å²) in [6.07, 6.45) is 1.59. The largest absolute Gasteiger partial charge is 0.497 e. The maximum Gasteiger partial charge on any atom is 0.118 e. The molecular formula is C13H17NO2. The van der Waals surface area contributed by atoms with E-state index in [4.69, 9.17) is 9.47 Å². The van der Waals surface area contributed by atoms with Crippen LogP contribution in [0, 0.1) is 5.92 Å². The number of rotatable bonds is 3. The minimum atomic E-state index is 0.368. The number of likely N-dealkylation sites (tertiary alicyclic amines) is 1. The molecule has 2 bridgehead atoms. The van der Waals surface area contributed by atoms with Crippen molar-refractivity contribution in [3.8, 4) is 5.75 Å². The van der Waals surface area contributed by atoms with Crippen LogP contribution < -0.4 is 4.74 Å². The third-order valence-electron chi connectivity index (χ3n) is 3.50.